The average Bonchev–Trinajstić information content (AvgIpc) is 2.83. The van der Waals surface area contributed by atoms with Gasteiger partial charge in [-0.1, -0.05) is 6.92 Å². The summed E-state index contributed by atoms with van der Waals surface area (Å²) >= 11 is 3.36. The first-order valence-electron chi connectivity index (χ1n) is 6.67. The summed E-state index contributed by atoms with van der Waals surface area (Å²) in [6.07, 6.45) is 0.930. The molecule has 0 aliphatic rings. The highest BCUT2D eigenvalue weighted by atomic mass is 79.9. The largest absolute Gasteiger partial charge is 0.449 e. The van der Waals surface area contributed by atoms with Gasteiger partial charge in [-0.05, 0) is 46.6 Å². The zero-order valence-corrected chi connectivity index (χ0v) is 13.0. The lowest BCUT2D eigenvalue weighted by Gasteiger charge is -2.05. The molecular formula is C15H14BrN3O2. The lowest BCUT2D eigenvalue weighted by molar-refractivity contribution is 0.0977. The van der Waals surface area contributed by atoms with E-state index in [1.807, 2.05) is 18.2 Å². The van der Waals surface area contributed by atoms with Gasteiger partial charge in [0.25, 0.3) is 5.91 Å². The lowest BCUT2D eigenvalue weighted by atomic mass is 10.1. The summed E-state index contributed by atoms with van der Waals surface area (Å²) in [5.41, 5.74) is 7.52. The second-order valence-corrected chi connectivity index (χ2v) is 5.55. The zero-order chi connectivity index (χ0) is 15.0. The van der Waals surface area contributed by atoms with Gasteiger partial charge in [0.15, 0.2) is 0 Å². The number of benzene rings is 1. The molecule has 3 aromatic rings. The maximum Gasteiger partial charge on any atom is 0.286 e. The molecular weight excluding hydrogens is 334 g/mol. The molecule has 108 valence electrons. The fourth-order valence-electron chi connectivity index (χ4n) is 2.37. The molecule has 3 rings (SSSR count). The number of halogens is 1. The summed E-state index contributed by atoms with van der Waals surface area (Å²) in [5.74, 6) is -0.420. The van der Waals surface area contributed by atoms with Gasteiger partial charge in [-0.2, -0.15) is 0 Å². The second kappa shape index (κ2) is 5.37. The van der Waals surface area contributed by atoms with Crippen LogP contribution in [0.5, 0.6) is 0 Å². The minimum atomic E-state index is -0.581. The number of hydrogen-bond acceptors (Lipinski definition) is 4. The number of amides is 1. The van der Waals surface area contributed by atoms with Crippen LogP contribution >= 0.6 is 15.9 Å². The smallest absolute Gasteiger partial charge is 0.286 e. The highest BCUT2D eigenvalue weighted by Gasteiger charge is 2.20. The van der Waals surface area contributed by atoms with E-state index in [4.69, 9.17) is 10.2 Å². The first-order chi connectivity index (χ1) is 10.1. The van der Waals surface area contributed by atoms with Crippen molar-refractivity contribution in [2.75, 3.05) is 11.9 Å². The van der Waals surface area contributed by atoms with Crippen LogP contribution in [0.1, 0.15) is 23.9 Å². The Morgan fingerprint density at radius 3 is 2.90 bits per heavy atom. The molecule has 0 radical (unpaired) electrons. The Bertz CT molecular complexity index is 842. The van der Waals surface area contributed by atoms with Crippen LogP contribution in [-0.4, -0.2) is 17.4 Å². The number of anilines is 1. The van der Waals surface area contributed by atoms with Crippen LogP contribution in [0.2, 0.25) is 0 Å². The highest BCUT2D eigenvalue weighted by molar-refractivity contribution is 9.10. The number of nitrogens with two attached hydrogens (primary N) is 1. The molecule has 2 heterocycles. The number of nitrogens with zero attached hydrogens (tertiary/aromatic N) is 1. The van der Waals surface area contributed by atoms with E-state index >= 15 is 0 Å². The maximum atomic E-state index is 11.6. The Morgan fingerprint density at radius 2 is 2.19 bits per heavy atom. The van der Waals surface area contributed by atoms with Gasteiger partial charge in [0.1, 0.15) is 10.2 Å². The third kappa shape index (κ3) is 2.35. The summed E-state index contributed by atoms with van der Waals surface area (Å²) in [5, 5.41) is 5.00. The van der Waals surface area contributed by atoms with Crippen molar-refractivity contribution >= 4 is 49.4 Å². The fourth-order valence-corrected chi connectivity index (χ4v) is 2.69. The lowest BCUT2D eigenvalue weighted by Crippen LogP contribution is -2.13. The van der Waals surface area contributed by atoms with E-state index in [1.54, 1.807) is 6.07 Å². The number of pyridine rings is 1. The summed E-state index contributed by atoms with van der Waals surface area (Å²) < 4.78 is 6.38. The Morgan fingerprint density at radius 1 is 1.38 bits per heavy atom. The van der Waals surface area contributed by atoms with E-state index in [-0.39, 0.29) is 5.76 Å². The molecule has 0 saturated carbocycles. The molecule has 6 heteroatoms. The summed E-state index contributed by atoms with van der Waals surface area (Å²) in [7, 11) is 0. The number of carbonyl (C=O) groups excluding carboxylic acids is 1. The Kier molecular flexibility index (Phi) is 3.55. The molecule has 0 unspecified atom stereocenters. The van der Waals surface area contributed by atoms with E-state index in [0.717, 1.165) is 33.9 Å². The number of primary amides is 1. The van der Waals surface area contributed by atoms with Crippen molar-refractivity contribution in [3.8, 4) is 0 Å². The number of aromatic nitrogens is 1. The highest BCUT2D eigenvalue weighted by Crippen LogP contribution is 2.36. The van der Waals surface area contributed by atoms with Crippen molar-refractivity contribution in [3.63, 3.8) is 0 Å². The molecule has 5 nitrogen and oxygen atoms in total. The summed E-state index contributed by atoms with van der Waals surface area (Å²) in [6.45, 7) is 2.78. The van der Waals surface area contributed by atoms with Gasteiger partial charge in [-0.15, -0.1) is 0 Å². The van der Waals surface area contributed by atoms with Crippen LogP contribution in [0.25, 0.3) is 21.9 Å². The molecule has 0 aliphatic carbocycles. The Hall–Kier alpha value is -2.08. The normalized spacial score (nSPS) is 11.1. The van der Waals surface area contributed by atoms with Crippen LogP contribution in [0.15, 0.2) is 33.3 Å². The van der Waals surface area contributed by atoms with Crippen LogP contribution < -0.4 is 11.1 Å². The quantitative estimate of drug-likeness (QED) is 0.705. The third-order valence-corrected chi connectivity index (χ3v) is 3.71. The molecule has 21 heavy (non-hydrogen) atoms. The molecule has 0 saturated heterocycles. The Labute approximate surface area is 129 Å². The average molecular weight is 348 g/mol. The van der Waals surface area contributed by atoms with Gasteiger partial charge >= 0.3 is 0 Å². The second-order valence-electron chi connectivity index (χ2n) is 4.74. The minimum absolute atomic E-state index is 0.161. The van der Waals surface area contributed by atoms with E-state index in [9.17, 15) is 4.79 Å². The number of furan rings is 1. The van der Waals surface area contributed by atoms with E-state index in [2.05, 4.69) is 33.2 Å². The SMILES string of the molecule is CCCNc1c(C(N)=O)oc2ccc3nc(Br)ccc3c12. The fraction of sp³-hybridized carbons (Fsp3) is 0.200. The predicted molar refractivity (Wildman–Crippen MR) is 86.5 cm³/mol. The molecule has 1 aromatic carbocycles. The van der Waals surface area contributed by atoms with Crippen LogP contribution in [0, 0.1) is 0 Å². The molecule has 0 aliphatic heterocycles. The first kappa shape index (κ1) is 13.9. The molecule has 0 bridgehead atoms. The maximum absolute atomic E-state index is 11.6. The third-order valence-electron chi connectivity index (χ3n) is 3.26. The predicted octanol–water partition coefficient (Wildman–Crippen LogP) is 3.66. The van der Waals surface area contributed by atoms with Gasteiger partial charge < -0.3 is 15.5 Å². The molecule has 0 spiro atoms. The van der Waals surface area contributed by atoms with Gasteiger partial charge in [-0.3, -0.25) is 4.79 Å². The van der Waals surface area contributed by atoms with Gasteiger partial charge in [0, 0.05) is 11.9 Å². The molecule has 2 aromatic heterocycles. The molecule has 0 atom stereocenters. The summed E-state index contributed by atoms with van der Waals surface area (Å²) in [4.78, 5) is 16.0. The minimum Gasteiger partial charge on any atom is -0.449 e. The van der Waals surface area contributed by atoms with Gasteiger partial charge in [0.2, 0.25) is 5.76 Å². The number of nitrogens with one attached hydrogen (secondary N) is 1. The van der Waals surface area contributed by atoms with E-state index in [0.29, 0.717) is 11.3 Å². The van der Waals surface area contributed by atoms with Crippen LogP contribution in [0.3, 0.4) is 0 Å². The molecule has 0 fully saturated rings. The van der Waals surface area contributed by atoms with Gasteiger partial charge in [-0.25, -0.2) is 4.98 Å². The van der Waals surface area contributed by atoms with Crippen molar-refractivity contribution in [1.29, 1.82) is 0 Å². The number of hydrogen-bond donors (Lipinski definition) is 2. The zero-order valence-electron chi connectivity index (χ0n) is 11.4. The van der Waals surface area contributed by atoms with E-state index < -0.39 is 5.91 Å². The van der Waals surface area contributed by atoms with Crippen molar-refractivity contribution < 1.29 is 9.21 Å². The van der Waals surface area contributed by atoms with Crippen LogP contribution in [0.4, 0.5) is 5.69 Å². The summed E-state index contributed by atoms with van der Waals surface area (Å²) in [6, 6.07) is 7.48. The monoisotopic (exact) mass is 347 g/mol. The molecule has 3 N–H and O–H groups in total. The van der Waals surface area contributed by atoms with Crippen molar-refractivity contribution in [3.05, 3.63) is 34.6 Å². The standard InChI is InChI=1S/C15H14BrN3O2/c1-2-7-18-13-12-8-3-6-11(16)19-9(8)4-5-10(12)21-14(13)15(17)20/h3-6,18H,2,7H2,1H3,(H2,17,20). The van der Waals surface area contributed by atoms with Gasteiger partial charge in [0.05, 0.1) is 16.6 Å². The van der Waals surface area contributed by atoms with Crippen molar-refractivity contribution in [2.24, 2.45) is 5.73 Å². The molecule has 1 amide bonds. The Balaban J connectivity index is 2.36. The van der Waals surface area contributed by atoms with Crippen molar-refractivity contribution in [2.45, 2.75) is 13.3 Å². The first-order valence-corrected chi connectivity index (χ1v) is 7.46. The number of fused-ring (bicyclic) bond motifs is 3. The van der Waals surface area contributed by atoms with Crippen LogP contribution in [-0.2, 0) is 0 Å². The van der Waals surface area contributed by atoms with E-state index in [1.165, 1.54) is 0 Å². The number of rotatable bonds is 4. The van der Waals surface area contributed by atoms with Crippen molar-refractivity contribution in [1.82, 2.24) is 4.98 Å². The topological polar surface area (TPSA) is 81.1 Å². The number of carbonyl (C=O) groups is 1.